The number of carbonyl (C=O) groups is 2. The maximum absolute atomic E-state index is 13.1. The van der Waals surface area contributed by atoms with E-state index in [0.717, 1.165) is 16.1 Å². The van der Waals surface area contributed by atoms with Gasteiger partial charge in [-0.3, -0.25) is 13.9 Å². The molecule has 1 aromatic heterocycles. The molecule has 1 amide bonds. The quantitative estimate of drug-likeness (QED) is 0.663. The first-order chi connectivity index (χ1) is 14.3. The summed E-state index contributed by atoms with van der Waals surface area (Å²) in [6.07, 6.45) is 0.112. The maximum Gasteiger partial charge on any atom is 0.264 e. The molecule has 0 atom stereocenters. The van der Waals surface area contributed by atoms with E-state index in [1.165, 1.54) is 22.6 Å². The zero-order valence-electron chi connectivity index (χ0n) is 16.4. The Balaban J connectivity index is 1.77. The van der Waals surface area contributed by atoms with E-state index in [2.05, 4.69) is 10.3 Å². The second-order valence-corrected chi connectivity index (χ2v) is 9.77. The minimum atomic E-state index is -3.77. The summed E-state index contributed by atoms with van der Waals surface area (Å²) >= 11 is 1.31. The molecular weight excluding hydrogens is 422 g/mol. The summed E-state index contributed by atoms with van der Waals surface area (Å²) in [5.41, 5.74) is 2.23. The second kappa shape index (κ2) is 7.66. The number of thiazole rings is 1. The fourth-order valence-electron chi connectivity index (χ4n) is 3.41. The minimum Gasteiger partial charge on any atom is -0.302 e. The minimum absolute atomic E-state index is 0.101. The first-order valence-electron chi connectivity index (χ1n) is 9.28. The Kier molecular flexibility index (Phi) is 5.17. The number of Topliss-reactive ketones (excluding diaryl/α,β-unsaturated/α-hetero) is 1. The van der Waals surface area contributed by atoms with E-state index >= 15 is 0 Å². The molecule has 0 radical (unpaired) electrons. The first-order valence-corrected chi connectivity index (χ1v) is 11.5. The number of rotatable bonds is 4. The van der Waals surface area contributed by atoms with Crippen LogP contribution >= 0.6 is 11.3 Å². The van der Waals surface area contributed by atoms with Gasteiger partial charge in [-0.25, -0.2) is 13.4 Å². The van der Waals surface area contributed by atoms with Crippen LogP contribution in [0, 0.1) is 6.92 Å². The van der Waals surface area contributed by atoms with Gasteiger partial charge in [-0.1, -0.05) is 35.6 Å². The molecule has 4 rings (SSSR count). The lowest BCUT2D eigenvalue weighted by molar-refractivity contribution is -0.114. The number of carbonyl (C=O) groups excluding carboxylic acids is 2. The number of amides is 1. The summed E-state index contributed by atoms with van der Waals surface area (Å²) in [5, 5.41) is 3.14. The van der Waals surface area contributed by atoms with E-state index in [0.29, 0.717) is 16.4 Å². The highest BCUT2D eigenvalue weighted by Crippen LogP contribution is 2.38. The smallest absolute Gasteiger partial charge is 0.264 e. The largest absolute Gasteiger partial charge is 0.302 e. The van der Waals surface area contributed by atoms with E-state index < -0.39 is 10.0 Å². The van der Waals surface area contributed by atoms with E-state index in [-0.39, 0.29) is 29.6 Å². The molecule has 0 aliphatic carbocycles. The number of anilines is 2. The average Bonchev–Trinajstić information content (AvgIpc) is 3.08. The van der Waals surface area contributed by atoms with Crippen molar-refractivity contribution >= 4 is 43.9 Å². The third kappa shape index (κ3) is 3.61. The van der Waals surface area contributed by atoms with Gasteiger partial charge in [-0.2, -0.15) is 0 Å². The predicted molar refractivity (Wildman–Crippen MR) is 117 cm³/mol. The van der Waals surface area contributed by atoms with Gasteiger partial charge in [-0.05, 0) is 36.8 Å². The van der Waals surface area contributed by atoms with E-state index in [9.17, 15) is 18.0 Å². The van der Waals surface area contributed by atoms with Crippen molar-refractivity contribution in [3.8, 4) is 10.4 Å². The zero-order chi connectivity index (χ0) is 21.5. The van der Waals surface area contributed by atoms with Crippen molar-refractivity contribution in [2.24, 2.45) is 0 Å². The average molecular weight is 442 g/mol. The van der Waals surface area contributed by atoms with Crippen molar-refractivity contribution in [1.29, 1.82) is 0 Å². The van der Waals surface area contributed by atoms with Crippen molar-refractivity contribution in [3.05, 3.63) is 59.8 Å². The van der Waals surface area contributed by atoms with E-state index in [1.54, 1.807) is 48.5 Å². The topological polar surface area (TPSA) is 96.4 Å². The second-order valence-electron chi connectivity index (χ2n) is 6.91. The highest BCUT2D eigenvalue weighted by molar-refractivity contribution is 7.92. The van der Waals surface area contributed by atoms with Gasteiger partial charge in [0.25, 0.3) is 10.0 Å². The number of aryl methyl sites for hydroxylation is 1. The molecule has 0 unspecified atom stereocenters. The molecule has 7 nitrogen and oxygen atoms in total. The molecule has 0 saturated heterocycles. The van der Waals surface area contributed by atoms with Crippen LogP contribution in [0.25, 0.3) is 10.4 Å². The molecule has 0 bridgehead atoms. The predicted octanol–water partition coefficient (Wildman–Crippen LogP) is 3.86. The van der Waals surface area contributed by atoms with Crippen LogP contribution in [0.1, 0.15) is 29.4 Å². The van der Waals surface area contributed by atoms with Gasteiger partial charge in [0.05, 0.1) is 21.2 Å². The maximum atomic E-state index is 13.1. The van der Waals surface area contributed by atoms with Crippen molar-refractivity contribution in [3.63, 3.8) is 0 Å². The van der Waals surface area contributed by atoms with Crippen LogP contribution in [0.4, 0.5) is 10.8 Å². The van der Waals surface area contributed by atoms with Crippen molar-refractivity contribution in [2.45, 2.75) is 25.2 Å². The number of sulfonamides is 1. The van der Waals surface area contributed by atoms with Crippen LogP contribution in [0.5, 0.6) is 0 Å². The van der Waals surface area contributed by atoms with Crippen LogP contribution < -0.4 is 9.62 Å². The fraction of sp³-hybridized carbons (Fsp3) is 0.190. The zero-order valence-corrected chi connectivity index (χ0v) is 18.0. The lowest BCUT2D eigenvalue weighted by Gasteiger charge is -2.30. The molecule has 9 heteroatoms. The summed E-state index contributed by atoms with van der Waals surface area (Å²) < 4.78 is 27.6. The van der Waals surface area contributed by atoms with Gasteiger partial charge in [0.15, 0.2) is 10.9 Å². The molecular formula is C21H19N3O4S2. The lowest BCUT2D eigenvalue weighted by atomic mass is 9.99. The molecule has 0 fully saturated rings. The SMILES string of the molecule is CC(=O)Nc1nc(C)c(-c2ccc3c(c2)C(=O)CCN3S(=O)(=O)c2ccccc2)s1. The van der Waals surface area contributed by atoms with Gasteiger partial charge < -0.3 is 5.32 Å². The molecule has 3 aromatic rings. The number of aromatic nitrogens is 1. The monoisotopic (exact) mass is 441 g/mol. The summed E-state index contributed by atoms with van der Waals surface area (Å²) in [7, 11) is -3.77. The van der Waals surface area contributed by atoms with Crippen molar-refractivity contribution < 1.29 is 18.0 Å². The summed E-state index contributed by atoms with van der Waals surface area (Å²) in [6.45, 7) is 3.34. The Hall–Kier alpha value is -3.04. The van der Waals surface area contributed by atoms with Crippen LogP contribution in [-0.2, 0) is 14.8 Å². The number of nitrogens with zero attached hydrogens (tertiary/aromatic N) is 2. The standard InChI is InChI=1S/C21H19N3O4S2/c1-13-20(29-21(22-13)23-14(2)25)15-8-9-18-17(12-15)19(26)10-11-24(18)30(27,28)16-6-4-3-5-7-16/h3-9,12H,10-11H2,1-2H3,(H,22,23,25). The van der Waals surface area contributed by atoms with Crippen LogP contribution in [0.2, 0.25) is 0 Å². The van der Waals surface area contributed by atoms with E-state index in [4.69, 9.17) is 0 Å². The van der Waals surface area contributed by atoms with Crippen molar-refractivity contribution in [2.75, 3.05) is 16.2 Å². The van der Waals surface area contributed by atoms with Crippen molar-refractivity contribution in [1.82, 2.24) is 4.98 Å². The molecule has 1 aliphatic heterocycles. The number of ketones is 1. The third-order valence-corrected chi connectivity index (χ3v) is 7.73. The van der Waals surface area contributed by atoms with Gasteiger partial charge >= 0.3 is 0 Å². The number of hydrogen-bond acceptors (Lipinski definition) is 6. The Labute approximate surface area is 178 Å². The highest BCUT2D eigenvalue weighted by atomic mass is 32.2. The van der Waals surface area contributed by atoms with Gasteiger partial charge in [0.2, 0.25) is 5.91 Å². The molecule has 2 heterocycles. The molecule has 154 valence electrons. The Morgan fingerprint density at radius 2 is 1.90 bits per heavy atom. The Morgan fingerprint density at radius 1 is 1.17 bits per heavy atom. The number of hydrogen-bond donors (Lipinski definition) is 1. The van der Waals surface area contributed by atoms with Gasteiger partial charge in [0, 0.05) is 25.5 Å². The lowest BCUT2D eigenvalue weighted by Crippen LogP contribution is -2.37. The number of benzene rings is 2. The van der Waals surface area contributed by atoms with Gasteiger partial charge in [0.1, 0.15) is 0 Å². The molecule has 1 N–H and O–H groups in total. The molecule has 30 heavy (non-hydrogen) atoms. The number of nitrogens with one attached hydrogen (secondary N) is 1. The Bertz CT molecular complexity index is 1250. The molecule has 0 spiro atoms. The third-order valence-electron chi connectivity index (χ3n) is 4.78. The van der Waals surface area contributed by atoms with Crippen LogP contribution in [-0.4, -0.2) is 31.6 Å². The van der Waals surface area contributed by atoms with E-state index in [1.807, 2.05) is 6.92 Å². The molecule has 2 aromatic carbocycles. The Morgan fingerprint density at radius 3 is 2.60 bits per heavy atom. The summed E-state index contributed by atoms with van der Waals surface area (Å²) in [4.78, 5) is 29.3. The first kappa shape index (κ1) is 20.2. The van der Waals surface area contributed by atoms with Gasteiger partial charge in [-0.15, -0.1) is 0 Å². The molecule has 0 saturated carbocycles. The normalized spacial score (nSPS) is 13.8. The van der Waals surface area contributed by atoms with Crippen LogP contribution in [0.3, 0.4) is 0 Å². The number of fused-ring (bicyclic) bond motifs is 1. The van der Waals surface area contributed by atoms with Crippen LogP contribution in [0.15, 0.2) is 53.4 Å². The summed E-state index contributed by atoms with van der Waals surface area (Å²) in [6, 6.07) is 13.3. The molecule has 1 aliphatic rings. The fourth-order valence-corrected chi connectivity index (χ4v) is 5.93. The highest BCUT2D eigenvalue weighted by Gasteiger charge is 2.32. The summed E-state index contributed by atoms with van der Waals surface area (Å²) in [5.74, 6) is -0.312.